The maximum Gasteiger partial charge on any atom is 0.323 e. The van der Waals surface area contributed by atoms with E-state index in [1.165, 1.54) is 6.92 Å². The van der Waals surface area contributed by atoms with Crippen molar-refractivity contribution < 1.29 is 114 Å². The van der Waals surface area contributed by atoms with Gasteiger partial charge in [-0.15, -0.1) is 0 Å². The Bertz CT molecular complexity index is 3610. The van der Waals surface area contributed by atoms with Gasteiger partial charge in [-0.2, -0.15) is 0 Å². The Morgan fingerprint density at radius 2 is 0.619 bits per heavy atom. The van der Waals surface area contributed by atoms with Crippen molar-refractivity contribution in [2.24, 2.45) is 38.2 Å². The van der Waals surface area contributed by atoms with E-state index in [1.807, 2.05) is 41.5 Å². The molecular weight excluding hydrogens is 1720 g/mol. The number of hydrogen-bond donors (Lipinski definition) is 4. The minimum atomic E-state index is -1.76. The quantitative estimate of drug-likeness (QED) is 0.0144. The number of nitrogens with one attached hydrogen (secondary N) is 3. The fraction of sp³-hybridized carbons (Fsp3) is 0.895. The molecule has 6 unspecified atom stereocenters. The van der Waals surface area contributed by atoms with E-state index in [1.54, 1.807) is 0 Å². The van der Waals surface area contributed by atoms with E-state index in [0.29, 0.717) is 116 Å². The highest BCUT2D eigenvalue weighted by molar-refractivity contribution is 6.03. The van der Waals surface area contributed by atoms with Crippen LogP contribution in [0.15, 0.2) is 0 Å². The molecule has 0 aliphatic carbocycles. The zero-order valence-electron chi connectivity index (χ0n) is 88.8. The number of hydrogen-bond acceptors (Lipinski definition) is 29. The fourth-order valence-corrected chi connectivity index (χ4v) is 21.0. The first kappa shape index (κ1) is 121. The van der Waals surface area contributed by atoms with Gasteiger partial charge in [-0.25, -0.2) is 0 Å². The van der Waals surface area contributed by atoms with Crippen LogP contribution in [0.2, 0.25) is 0 Å². The average Bonchev–Trinajstić information content (AvgIpc) is 0.768. The second-order valence-corrected chi connectivity index (χ2v) is 47.6. The predicted molar refractivity (Wildman–Crippen MR) is 518 cm³/mol. The largest absolute Gasteiger partial charge is 0.466 e. The smallest absolute Gasteiger partial charge is 0.323 e. The lowest BCUT2D eigenvalue weighted by Crippen LogP contribution is -2.61. The number of esters is 9. The van der Waals surface area contributed by atoms with Crippen molar-refractivity contribution >= 4 is 65.8 Å². The van der Waals surface area contributed by atoms with Gasteiger partial charge in [0.1, 0.15) is 48.0 Å². The summed E-state index contributed by atoms with van der Waals surface area (Å²) < 4.78 is 80.8. The Morgan fingerprint density at radius 3 is 0.903 bits per heavy atom. The minimum Gasteiger partial charge on any atom is -0.466 e. The molecule has 29 heteroatoms. The second kappa shape index (κ2) is 53.2. The number of rotatable bonds is 63. The van der Waals surface area contributed by atoms with E-state index in [9.17, 15) is 33.6 Å². The number of piperidine rings is 4. The Labute approximate surface area is 807 Å². The summed E-state index contributed by atoms with van der Waals surface area (Å²) in [5.41, 5.74) is -3.99. The highest BCUT2D eigenvalue weighted by Gasteiger charge is 2.56. The van der Waals surface area contributed by atoms with Crippen LogP contribution >= 0.6 is 0 Å². The van der Waals surface area contributed by atoms with Crippen LogP contribution in [0.3, 0.4) is 0 Å². The summed E-state index contributed by atoms with van der Waals surface area (Å²) in [6.45, 7) is 52.4. The molecule has 0 spiro atoms. The van der Waals surface area contributed by atoms with Gasteiger partial charge in [-0.3, -0.25) is 52.8 Å². The molecule has 4 saturated heterocycles. The zero-order valence-corrected chi connectivity index (χ0v) is 88.8. The molecule has 0 radical (unpaired) electrons. The average molecular weight is 1900 g/mol. The summed E-state index contributed by atoms with van der Waals surface area (Å²) in [6, 6.07) is 0. The predicted octanol–water partition coefficient (Wildman–Crippen LogP) is 17.6. The van der Waals surface area contributed by atoms with E-state index >= 15 is 19.2 Å². The van der Waals surface area contributed by atoms with Gasteiger partial charge in [0.2, 0.25) is 0 Å². The minimum absolute atomic E-state index is 0.0170. The van der Waals surface area contributed by atoms with Crippen LogP contribution in [-0.4, -0.2) is 237 Å². The third-order valence-electron chi connectivity index (χ3n) is 27.2. The molecule has 0 aromatic rings. The van der Waals surface area contributed by atoms with Crippen LogP contribution in [0.5, 0.6) is 0 Å². The first-order valence-electron chi connectivity index (χ1n) is 50.8. The lowest BCUT2D eigenvalue weighted by Gasteiger charge is -2.53. The molecule has 0 aromatic carbocycles. The molecule has 4 aliphatic heterocycles. The summed E-state index contributed by atoms with van der Waals surface area (Å²) in [5, 5.41) is 10.9. The Hall–Kier alpha value is -5.79. The van der Waals surface area contributed by atoms with Crippen molar-refractivity contribution in [1.82, 2.24) is 20.9 Å². The number of unbranched alkanes of at least 4 members (excludes halogenated alkanes) is 4. The Morgan fingerprint density at radius 1 is 0.366 bits per heavy atom. The Balaban J connectivity index is 1.67. The van der Waals surface area contributed by atoms with Gasteiger partial charge in [0.15, 0.2) is 10.8 Å². The number of nitrogens with two attached hydrogens (primary N) is 1. The van der Waals surface area contributed by atoms with Gasteiger partial charge in [-0.1, -0.05) is 107 Å². The number of ether oxygens (including phenoxy) is 13. The van der Waals surface area contributed by atoms with E-state index < -0.39 is 117 Å². The van der Waals surface area contributed by atoms with Gasteiger partial charge in [-0.05, 0) is 227 Å². The lowest BCUT2D eigenvalue weighted by atomic mass is 9.75. The molecular formula is C105H187N5O24. The third kappa shape index (κ3) is 41.9. The topological polar surface area (TPSA) is 373 Å². The van der Waals surface area contributed by atoms with Crippen LogP contribution in [-0.2, 0) is 114 Å². The normalized spacial score (nSPS) is 20.9. The highest BCUT2D eigenvalue weighted by atomic mass is 16.6. The summed E-state index contributed by atoms with van der Waals surface area (Å²) in [4.78, 5) is 158. The molecule has 29 nitrogen and oxygen atoms in total. The van der Waals surface area contributed by atoms with Crippen molar-refractivity contribution in [3.63, 3.8) is 0 Å². The summed E-state index contributed by atoms with van der Waals surface area (Å²) >= 11 is 0. The lowest BCUT2D eigenvalue weighted by molar-refractivity contribution is -0.188. The number of likely N-dealkylation sites (tertiary alicyclic amines) is 1. The number of carbonyl (C=O) groups excluding carboxylic acids is 11. The van der Waals surface area contributed by atoms with Crippen molar-refractivity contribution in [3.8, 4) is 0 Å². The maximum absolute atomic E-state index is 15.2. The zero-order chi connectivity index (χ0) is 101. The molecule has 0 aromatic heterocycles. The summed E-state index contributed by atoms with van der Waals surface area (Å²) in [7, 11) is 2.07. The van der Waals surface area contributed by atoms with E-state index in [0.717, 1.165) is 25.5 Å². The van der Waals surface area contributed by atoms with Crippen LogP contribution in [0, 0.1) is 32.5 Å². The highest BCUT2D eigenvalue weighted by Crippen LogP contribution is 2.46. The van der Waals surface area contributed by atoms with Crippen LogP contribution in [0.4, 0.5) is 0 Å². The summed E-state index contributed by atoms with van der Waals surface area (Å²) in [5.74, 6) is -6.03. The molecule has 0 bridgehead atoms. The van der Waals surface area contributed by atoms with E-state index in [4.69, 9.17) is 67.3 Å². The molecule has 0 amide bonds. The van der Waals surface area contributed by atoms with Gasteiger partial charge in [0, 0.05) is 113 Å². The fourth-order valence-electron chi connectivity index (χ4n) is 21.0. The van der Waals surface area contributed by atoms with Gasteiger partial charge in [0.05, 0.1) is 110 Å². The molecule has 134 heavy (non-hydrogen) atoms. The standard InChI is InChI=1S/C105H187N5O24/c1-29-33-45-101(27,71-111)46-37-53-126-82(113)41-57-122-72-102(73-123-58-42-83(114)127-54-38-50-103(76(5)112,47-34-30-2)86(117)131-78-63-93(11,12)107-94(13,14)64-78,74-124-59-43-84(115)128-55-39-51-104(48-35-31-3,87(118)130-77(61-91(6,7)8)62-92(9,10)106)88(119)132-79-65-95(15,16)108-96(17,18)66-79)75-125-60-44-85(116)129-56-40-52-105(49-36-32-4,89(120)133-80-67-97(19,20)109-98(21,22)68-80)90(121)134-81-69-99(23,24)110(28)100(25,26)70-81/h71,77-81,107-109H,29-70,72-75,106H2,1-28H3. The van der Waals surface area contributed by atoms with Crippen molar-refractivity contribution in [2.45, 2.75) is 486 Å². The molecule has 4 fully saturated rings. The van der Waals surface area contributed by atoms with Crippen LogP contribution in [0.25, 0.3) is 0 Å². The number of carbonyl (C=O) groups is 11. The first-order valence-corrected chi connectivity index (χ1v) is 50.8. The number of aldehydes is 1. The molecule has 776 valence electrons. The molecule has 0 saturated carbocycles. The number of ketones is 1. The van der Waals surface area contributed by atoms with Crippen LogP contribution in [0.1, 0.15) is 405 Å². The van der Waals surface area contributed by atoms with Crippen LogP contribution < -0.4 is 21.7 Å². The maximum atomic E-state index is 15.2. The molecule has 4 aliphatic rings. The van der Waals surface area contributed by atoms with Crippen molar-refractivity contribution in [3.05, 3.63) is 0 Å². The first-order chi connectivity index (χ1) is 62.0. The molecule has 4 heterocycles. The molecule has 4 rings (SSSR count). The molecule has 5 N–H and O–H groups in total. The van der Waals surface area contributed by atoms with E-state index in [-0.39, 0.29) is 218 Å². The van der Waals surface area contributed by atoms with E-state index in [2.05, 4.69) is 166 Å². The van der Waals surface area contributed by atoms with Crippen molar-refractivity contribution in [1.29, 1.82) is 0 Å². The van der Waals surface area contributed by atoms with Gasteiger partial charge < -0.3 is 88.1 Å². The third-order valence-corrected chi connectivity index (χ3v) is 27.2. The van der Waals surface area contributed by atoms with Crippen molar-refractivity contribution in [2.75, 3.05) is 86.3 Å². The van der Waals surface area contributed by atoms with Gasteiger partial charge >= 0.3 is 53.7 Å². The van der Waals surface area contributed by atoms with Gasteiger partial charge in [0.25, 0.3) is 0 Å². The monoisotopic (exact) mass is 1900 g/mol. The Kier molecular flexibility index (Phi) is 47.8. The second-order valence-electron chi connectivity index (χ2n) is 47.6. The molecule has 6 atom stereocenters. The SMILES string of the molecule is CCCCC(C)(C=O)CCCOC(=O)CCOCC(COCCC(=O)OCCCC(CCCC)(C(C)=O)C(=O)OC1CC(C)(C)NC(C)(C)C1)(COCCC(=O)OCCCC(CCCC)(C(=O)OC(CC(C)(C)C)CC(C)(C)N)C(=O)OC1CC(C)(C)NC(C)(C)C1)COCCC(=O)OCCCC(CCCC)(C(=O)OC1CC(C)(C)NC(C)(C)C1)C(=O)OC1CC(C)(C)N(C)C(C)(C)C1. The number of Topliss-reactive ketones (excluding diaryl/α,β-unsaturated/α-hetero) is 1. The summed E-state index contributed by atoms with van der Waals surface area (Å²) in [6.07, 6.45) is 10.8. The number of nitrogens with zero attached hydrogens (tertiary/aromatic N) is 1.